The number of benzene rings is 1. The maximum absolute atomic E-state index is 12.0. The van der Waals surface area contributed by atoms with Crippen LogP contribution in [0.15, 0.2) is 35.1 Å². The van der Waals surface area contributed by atoms with Gasteiger partial charge in [-0.3, -0.25) is 9.59 Å². The zero-order valence-corrected chi connectivity index (χ0v) is 11.8. The predicted octanol–water partition coefficient (Wildman–Crippen LogP) is 1.81. The molecule has 1 amide bonds. The summed E-state index contributed by atoms with van der Waals surface area (Å²) in [4.78, 5) is 23.7. The number of hydrogen-bond donors (Lipinski definition) is 1. The molecule has 0 spiro atoms. The monoisotopic (exact) mass is 271 g/mol. The Morgan fingerprint density at radius 2 is 1.90 bits per heavy atom. The molecule has 1 heterocycles. The highest BCUT2D eigenvalue weighted by Gasteiger charge is 2.08. The second-order valence-electron chi connectivity index (χ2n) is 4.77. The summed E-state index contributed by atoms with van der Waals surface area (Å²) in [5, 5.41) is 6.90. The normalized spacial score (nSPS) is 10.3. The van der Waals surface area contributed by atoms with Gasteiger partial charge in [-0.25, -0.2) is 4.68 Å². The molecule has 5 heteroatoms. The van der Waals surface area contributed by atoms with E-state index in [1.165, 1.54) is 10.7 Å². The minimum Gasteiger partial charge on any atom is -0.324 e. The second-order valence-corrected chi connectivity index (χ2v) is 4.77. The molecule has 2 rings (SSSR count). The predicted molar refractivity (Wildman–Crippen MR) is 77.8 cm³/mol. The summed E-state index contributed by atoms with van der Waals surface area (Å²) in [6, 6.07) is 8.98. The van der Waals surface area contributed by atoms with Gasteiger partial charge in [0, 0.05) is 11.8 Å². The van der Waals surface area contributed by atoms with Crippen LogP contribution >= 0.6 is 0 Å². The summed E-state index contributed by atoms with van der Waals surface area (Å²) in [6.45, 7) is 5.45. The minimum atomic E-state index is -0.270. The molecule has 104 valence electrons. The summed E-state index contributed by atoms with van der Waals surface area (Å²) < 4.78 is 1.18. The number of rotatable bonds is 3. The number of nitrogens with zero attached hydrogens (tertiary/aromatic N) is 2. The molecule has 0 aliphatic heterocycles. The molecule has 0 unspecified atom stereocenters. The fourth-order valence-electron chi connectivity index (χ4n) is 1.83. The Labute approximate surface area is 117 Å². The Kier molecular flexibility index (Phi) is 3.98. The van der Waals surface area contributed by atoms with Crippen LogP contribution in [-0.2, 0) is 11.3 Å². The van der Waals surface area contributed by atoms with Gasteiger partial charge < -0.3 is 5.32 Å². The van der Waals surface area contributed by atoms with E-state index in [0.717, 1.165) is 22.5 Å². The molecular formula is C15H17N3O2. The van der Waals surface area contributed by atoms with E-state index in [4.69, 9.17) is 0 Å². The van der Waals surface area contributed by atoms with Crippen molar-refractivity contribution in [2.75, 3.05) is 5.32 Å². The van der Waals surface area contributed by atoms with Gasteiger partial charge in [-0.05, 0) is 38.0 Å². The van der Waals surface area contributed by atoms with Crippen LogP contribution in [-0.4, -0.2) is 15.7 Å². The van der Waals surface area contributed by atoms with Crippen molar-refractivity contribution < 1.29 is 4.79 Å². The van der Waals surface area contributed by atoms with Gasteiger partial charge in [0.15, 0.2) is 0 Å². The maximum Gasteiger partial charge on any atom is 0.267 e. The molecule has 1 N–H and O–H groups in total. The van der Waals surface area contributed by atoms with Gasteiger partial charge in [-0.15, -0.1) is 0 Å². The molecule has 2 aromatic rings. The number of amides is 1. The van der Waals surface area contributed by atoms with Crippen LogP contribution < -0.4 is 10.9 Å². The largest absolute Gasteiger partial charge is 0.324 e. The number of carbonyl (C=O) groups excluding carboxylic acids is 1. The van der Waals surface area contributed by atoms with Crippen LogP contribution in [0.4, 0.5) is 5.69 Å². The van der Waals surface area contributed by atoms with Crippen molar-refractivity contribution in [1.82, 2.24) is 9.78 Å². The Hall–Kier alpha value is -2.43. The van der Waals surface area contributed by atoms with Gasteiger partial charge >= 0.3 is 0 Å². The standard InChI is InChI=1S/C15H17N3O2/c1-10-6-4-5-7-13(10)16-14(19)9-18-15(20)8-11(2)12(3)17-18/h4-8H,9H2,1-3H3,(H,16,19). The molecule has 5 nitrogen and oxygen atoms in total. The van der Waals surface area contributed by atoms with Crippen LogP contribution in [0, 0.1) is 20.8 Å². The average molecular weight is 271 g/mol. The number of nitrogens with one attached hydrogen (secondary N) is 1. The van der Waals surface area contributed by atoms with Crippen LogP contribution in [0.5, 0.6) is 0 Å². The first-order chi connectivity index (χ1) is 9.47. The molecule has 0 saturated heterocycles. The van der Waals surface area contributed by atoms with Crippen molar-refractivity contribution in [2.45, 2.75) is 27.3 Å². The average Bonchev–Trinajstić information content (AvgIpc) is 2.39. The number of aromatic nitrogens is 2. The van der Waals surface area contributed by atoms with Gasteiger partial charge in [0.1, 0.15) is 6.54 Å². The minimum absolute atomic E-state index is 0.0890. The van der Waals surface area contributed by atoms with Gasteiger partial charge in [0.2, 0.25) is 5.91 Å². The van der Waals surface area contributed by atoms with E-state index in [2.05, 4.69) is 10.4 Å². The number of carbonyl (C=O) groups is 1. The number of anilines is 1. The number of aryl methyl sites for hydroxylation is 3. The van der Waals surface area contributed by atoms with Gasteiger partial charge in [-0.2, -0.15) is 5.10 Å². The Morgan fingerprint density at radius 3 is 2.60 bits per heavy atom. The molecule has 0 bridgehead atoms. The third-order valence-corrected chi connectivity index (χ3v) is 3.15. The lowest BCUT2D eigenvalue weighted by atomic mass is 10.2. The zero-order chi connectivity index (χ0) is 14.7. The Morgan fingerprint density at radius 1 is 1.20 bits per heavy atom. The van der Waals surface area contributed by atoms with Gasteiger partial charge in [0.05, 0.1) is 5.69 Å². The molecule has 0 radical (unpaired) electrons. The van der Waals surface area contributed by atoms with Crippen LogP contribution in [0.1, 0.15) is 16.8 Å². The smallest absolute Gasteiger partial charge is 0.267 e. The molecule has 0 atom stereocenters. The number of hydrogen-bond acceptors (Lipinski definition) is 3. The lowest BCUT2D eigenvalue weighted by Crippen LogP contribution is -2.30. The zero-order valence-electron chi connectivity index (χ0n) is 11.8. The van der Waals surface area contributed by atoms with E-state index < -0.39 is 0 Å². The molecule has 1 aromatic carbocycles. The first-order valence-electron chi connectivity index (χ1n) is 6.38. The van der Waals surface area contributed by atoms with Crippen molar-refractivity contribution >= 4 is 11.6 Å². The summed E-state index contributed by atoms with van der Waals surface area (Å²) in [5.41, 5.74) is 3.02. The van der Waals surface area contributed by atoms with Crippen molar-refractivity contribution in [3.8, 4) is 0 Å². The van der Waals surface area contributed by atoms with Crippen molar-refractivity contribution in [3.63, 3.8) is 0 Å². The molecule has 0 aliphatic rings. The van der Waals surface area contributed by atoms with E-state index in [-0.39, 0.29) is 18.0 Å². The SMILES string of the molecule is Cc1ccccc1NC(=O)Cn1nc(C)c(C)cc1=O. The number of para-hydroxylation sites is 1. The van der Waals surface area contributed by atoms with E-state index >= 15 is 0 Å². The highest BCUT2D eigenvalue weighted by molar-refractivity contribution is 5.91. The summed E-state index contributed by atoms with van der Waals surface area (Å²) in [5.74, 6) is -0.267. The van der Waals surface area contributed by atoms with Crippen LogP contribution in [0.25, 0.3) is 0 Å². The lowest BCUT2D eigenvalue weighted by molar-refractivity contribution is -0.117. The summed E-state index contributed by atoms with van der Waals surface area (Å²) in [7, 11) is 0. The highest BCUT2D eigenvalue weighted by atomic mass is 16.2. The van der Waals surface area contributed by atoms with E-state index in [9.17, 15) is 9.59 Å². The summed E-state index contributed by atoms with van der Waals surface area (Å²) >= 11 is 0. The van der Waals surface area contributed by atoms with Crippen molar-refractivity contribution in [1.29, 1.82) is 0 Å². The first kappa shape index (κ1) is 14.0. The second kappa shape index (κ2) is 5.69. The maximum atomic E-state index is 12.0. The fraction of sp³-hybridized carbons (Fsp3) is 0.267. The summed E-state index contributed by atoms with van der Waals surface area (Å²) in [6.07, 6.45) is 0. The first-order valence-corrected chi connectivity index (χ1v) is 6.38. The van der Waals surface area contributed by atoms with E-state index in [1.54, 1.807) is 0 Å². The van der Waals surface area contributed by atoms with Gasteiger partial charge in [0.25, 0.3) is 5.56 Å². The van der Waals surface area contributed by atoms with Crippen LogP contribution in [0.3, 0.4) is 0 Å². The van der Waals surface area contributed by atoms with Gasteiger partial charge in [-0.1, -0.05) is 18.2 Å². The van der Waals surface area contributed by atoms with Crippen LogP contribution in [0.2, 0.25) is 0 Å². The molecule has 0 saturated carbocycles. The topological polar surface area (TPSA) is 64.0 Å². The molecular weight excluding hydrogens is 254 g/mol. The third-order valence-electron chi connectivity index (χ3n) is 3.15. The molecule has 1 aromatic heterocycles. The van der Waals surface area contributed by atoms with Crippen molar-refractivity contribution in [3.05, 3.63) is 57.5 Å². The molecule has 0 fully saturated rings. The third kappa shape index (κ3) is 3.12. The molecule has 20 heavy (non-hydrogen) atoms. The Balaban J connectivity index is 2.15. The van der Waals surface area contributed by atoms with Crippen molar-refractivity contribution in [2.24, 2.45) is 0 Å². The molecule has 0 aliphatic carbocycles. The van der Waals surface area contributed by atoms with E-state index in [1.807, 2.05) is 45.0 Å². The fourth-order valence-corrected chi connectivity index (χ4v) is 1.83. The quantitative estimate of drug-likeness (QED) is 0.926. The lowest BCUT2D eigenvalue weighted by Gasteiger charge is -2.09. The Bertz CT molecular complexity index is 705. The van der Waals surface area contributed by atoms with E-state index in [0.29, 0.717) is 0 Å². The highest BCUT2D eigenvalue weighted by Crippen LogP contribution is 2.12.